The van der Waals surface area contributed by atoms with Gasteiger partial charge in [-0.2, -0.15) is 0 Å². The van der Waals surface area contributed by atoms with E-state index >= 15 is 0 Å². The number of unbranched alkanes of at least 4 members (excludes halogenated alkanes) is 26. The maximum Gasteiger partial charge on any atom is 2.00 e. The molecule has 0 amide bonds. The Bertz CT molecular complexity index is 672. The van der Waals surface area contributed by atoms with E-state index in [4.69, 9.17) is 0 Å². The topological polar surface area (TPSA) is 86.7 Å². The smallest absolute Gasteiger partial charge is 0.548 e. The van der Waals surface area contributed by atoms with Crippen LogP contribution in [0, 0.1) is 0 Å². The fraction of sp³-hybridized carbons (Fsp3) is 0.958. The number of nitrogens with zero attached hydrogens (tertiary/aromatic N) is 2. The van der Waals surface area contributed by atoms with Gasteiger partial charge in [0.05, 0.1) is 11.9 Å². The van der Waals surface area contributed by atoms with Crippen LogP contribution in [-0.2, 0) is 9.59 Å². The number of hydrogen-bond acceptors (Lipinski definition) is 6. The maximum absolute atomic E-state index is 11.7. The summed E-state index contributed by atoms with van der Waals surface area (Å²) in [6.07, 6.45) is 41.3. The molecule has 0 heterocycles. The fourth-order valence-corrected chi connectivity index (χ4v) is 7.63. The number of carboxylic acid groups (broad SMARTS) is 2. The van der Waals surface area contributed by atoms with Gasteiger partial charge in [0, 0.05) is 12.1 Å². The third-order valence-electron chi connectivity index (χ3n) is 11.3. The molecule has 0 aliphatic rings. The molecule has 2 unspecified atom stereocenters. The zero-order valence-corrected chi connectivity index (χ0v) is 40.5. The van der Waals surface area contributed by atoms with E-state index in [0.29, 0.717) is 0 Å². The second-order valence-corrected chi connectivity index (χ2v) is 16.5. The van der Waals surface area contributed by atoms with Crippen molar-refractivity contribution in [1.82, 2.24) is 9.80 Å². The van der Waals surface area contributed by atoms with Crippen molar-refractivity contribution in [3.63, 3.8) is 0 Å². The molecule has 6 nitrogen and oxygen atoms in total. The van der Waals surface area contributed by atoms with Gasteiger partial charge in [-0.1, -0.05) is 221 Å². The summed E-state index contributed by atoms with van der Waals surface area (Å²) in [6.45, 7) is 16.9. The minimum absolute atomic E-state index is 0. The molecule has 0 aromatic rings. The van der Waals surface area contributed by atoms with Crippen LogP contribution in [0.3, 0.4) is 0 Å². The van der Waals surface area contributed by atoms with Crippen LogP contribution in [0.4, 0.5) is 0 Å². The van der Waals surface area contributed by atoms with E-state index in [1.54, 1.807) is 0 Å². The van der Waals surface area contributed by atoms with Crippen molar-refractivity contribution >= 4 is 49.7 Å². The number of aliphatic carboxylic acids is 2. The molecule has 0 aromatic heterocycles. The molecule has 55 heavy (non-hydrogen) atoms. The first-order valence-electron chi connectivity index (χ1n) is 24.2. The van der Waals surface area contributed by atoms with Gasteiger partial charge < -0.3 is 19.8 Å². The van der Waals surface area contributed by atoms with Crippen LogP contribution in [0.25, 0.3) is 0 Å². The zero-order valence-electron chi connectivity index (χ0n) is 38.3. The molecule has 0 aliphatic heterocycles. The summed E-state index contributed by atoms with van der Waals surface area (Å²) in [7, 11) is 0. The Kier molecular flexibility index (Phi) is 52.4. The molecule has 0 spiro atoms. The van der Waals surface area contributed by atoms with Crippen LogP contribution < -0.4 is 10.2 Å². The summed E-state index contributed by atoms with van der Waals surface area (Å²) >= 11 is 0. The molecule has 2 atom stereocenters. The third-order valence-corrected chi connectivity index (χ3v) is 11.3. The van der Waals surface area contributed by atoms with Crippen LogP contribution in [0.15, 0.2) is 0 Å². The van der Waals surface area contributed by atoms with E-state index in [9.17, 15) is 19.8 Å². The van der Waals surface area contributed by atoms with E-state index in [1.165, 1.54) is 154 Å². The van der Waals surface area contributed by atoms with Crippen molar-refractivity contribution in [2.24, 2.45) is 0 Å². The minimum Gasteiger partial charge on any atom is -0.548 e. The van der Waals surface area contributed by atoms with Gasteiger partial charge >= 0.3 is 37.7 Å². The van der Waals surface area contributed by atoms with Crippen LogP contribution in [0.1, 0.15) is 260 Å². The number of hydrogen-bond donors (Lipinski definition) is 0. The first-order chi connectivity index (χ1) is 26.3. The molecule has 0 N–H and O–H groups in total. The summed E-state index contributed by atoms with van der Waals surface area (Å²) in [5, 5.41) is 23.4. The molecule has 0 saturated heterocycles. The first-order valence-corrected chi connectivity index (χ1v) is 24.2. The molecule has 0 fully saturated rings. The van der Waals surface area contributed by atoms with Crippen LogP contribution >= 0.6 is 0 Å². The van der Waals surface area contributed by atoms with Crippen molar-refractivity contribution < 1.29 is 19.8 Å². The van der Waals surface area contributed by atoms with Gasteiger partial charge in [-0.05, 0) is 64.7 Å². The Morgan fingerprint density at radius 1 is 0.327 bits per heavy atom. The van der Waals surface area contributed by atoms with Crippen molar-refractivity contribution in [2.75, 3.05) is 26.2 Å². The van der Waals surface area contributed by atoms with E-state index in [0.717, 1.165) is 90.4 Å². The van der Waals surface area contributed by atoms with Crippen molar-refractivity contribution in [3.8, 4) is 0 Å². The van der Waals surface area contributed by atoms with Gasteiger partial charge in [0.1, 0.15) is 0 Å². The summed E-state index contributed by atoms with van der Waals surface area (Å²) in [5.41, 5.74) is 0. The van der Waals surface area contributed by atoms with E-state index in [-0.39, 0.29) is 49.8 Å². The second kappa shape index (κ2) is 48.5. The average molecular weight is 805 g/mol. The standard InChI is InChI=1S/2C24H49NO2.Ca/c2*1-4-7-10-12-14-16-18-21-25(23(24(26)27)20-9-6-3)22-19-17-15-13-11-8-5-2;/h2*23H,4-22H2,1-3H3,(H,26,27);/q;;+2/p-2. The van der Waals surface area contributed by atoms with Gasteiger partial charge in [-0.3, -0.25) is 9.80 Å². The Morgan fingerprint density at radius 3 is 0.691 bits per heavy atom. The Balaban J connectivity index is -0.000000966. The van der Waals surface area contributed by atoms with Gasteiger partial charge in [-0.15, -0.1) is 0 Å². The predicted octanol–water partition coefficient (Wildman–Crippen LogP) is 11.8. The molecule has 0 radical (unpaired) electrons. The van der Waals surface area contributed by atoms with E-state index in [2.05, 4.69) is 51.3 Å². The molecular formula is C48H96CaN2O4. The quantitative estimate of drug-likeness (QED) is 0.0451. The summed E-state index contributed by atoms with van der Waals surface area (Å²) < 4.78 is 0. The zero-order chi connectivity index (χ0) is 40.3. The van der Waals surface area contributed by atoms with Crippen molar-refractivity contribution in [3.05, 3.63) is 0 Å². The number of carboxylic acids is 2. The normalized spacial score (nSPS) is 12.4. The Morgan fingerprint density at radius 2 is 0.509 bits per heavy atom. The Hall–Kier alpha value is 0.120. The predicted molar refractivity (Wildman–Crippen MR) is 238 cm³/mol. The number of carbonyl (C=O) groups is 2. The van der Waals surface area contributed by atoms with Crippen LogP contribution in [-0.4, -0.2) is 97.7 Å². The molecule has 0 rings (SSSR count). The largest absolute Gasteiger partial charge is 2.00 e. The van der Waals surface area contributed by atoms with Gasteiger partial charge in [-0.25, -0.2) is 0 Å². The second-order valence-electron chi connectivity index (χ2n) is 16.5. The minimum atomic E-state index is -0.866. The van der Waals surface area contributed by atoms with Gasteiger partial charge in [0.2, 0.25) is 0 Å². The summed E-state index contributed by atoms with van der Waals surface area (Å²) in [5.74, 6) is -1.73. The Labute approximate surface area is 374 Å². The van der Waals surface area contributed by atoms with Crippen LogP contribution in [0.2, 0.25) is 0 Å². The van der Waals surface area contributed by atoms with E-state index < -0.39 is 11.9 Å². The number of carbonyl (C=O) groups excluding carboxylic acids is 2. The van der Waals surface area contributed by atoms with Gasteiger partial charge in [0.15, 0.2) is 0 Å². The SMILES string of the molecule is CCCCCCCCCN(CCCCCCCCC)C(CCCC)C(=O)[O-].CCCCCCCCCN(CCCCCCCCC)C(CCCC)C(=O)[O-].[Ca+2]. The maximum atomic E-state index is 11.7. The average Bonchev–Trinajstić information content (AvgIpc) is 3.16. The molecular weight excluding hydrogens is 709 g/mol. The molecule has 0 aliphatic carbocycles. The van der Waals surface area contributed by atoms with Crippen LogP contribution in [0.5, 0.6) is 0 Å². The third kappa shape index (κ3) is 40.7. The van der Waals surface area contributed by atoms with Crippen molar-refractivity contribution in [2.45, 2.75) is 272 Å². The van der Waals surface area contributed by atoms with Gasteiger partial charge in [0.25, 0.3) is 0 Å². The fourth-order valence-electron chi connectivity index (χ4n) is 7.63. The number of rotatable bonds is 42. The molecule has 7 heteroatoms. The van der Waals surface area contributed by atoms with Crippen molar-refractivity contribution in [1.29, 1.82) is 0 Å². The molecule has 0 aromatic carbocycles. The first kappa shape index (κ1) is 59.4. The van der Waals surface area contributed by atoms with E-state index in [1.807, 2.05) is 0 Å². The summed E-state index contributed by atoms with van der Waals surface area (Å²) in [6, 6.07) is -0.768. The summed E-state index contributed by atoms with van der Waals surface area (Å²) in [4.78, 5) is 27.9. The molecule has 324 valence electrons. The monoisotopic (exact) mass is 805 g/mol. The molecule has 0 bridgehead atoms. The molecule has 0 saturated carbocycles.